The quantitative estimate of drug-likeness (QED) is 0.632. The molecule has 1 heterocycles. The highest BCUT2D eigenvalue weighted by molar-refractivity contribution is 5.83. The van der Waals surface area contributed by atoms with Crippen LogP contribution in [0.5, 0.6) is 0 Å². The summed E-state index contributed by atoms with van der Waals surface area (Å²) < 4.78 is 5.30. The van der Waals surface area contributed by atoms with Crippen molar-refractivity contribution < 1.29 is 19.7 Å². The summed E-state index contributed by atoms with van der Waals surface area (Å²) in [7, 11) is 0. The summed E-state index contributed by atoms with van der Waals surface area (Å²) in [6, 6.07) is 0. The van der Waals surface area contributed by atoms with Crippen LogP contribution in [0.2, 0.25) is 0 Å². The second-order valence-electron chi connectivity index (χ2n) is 4.97. The van der Waals surface area contributed by atoms with E-state index in [2.05, 4.69) is 5.32 Å². The Balaban J connectivity index is 2.60. The fraction of sp³-hybridized carbons (Fsp3) is 0.917. The molecule has 5 heteroatoms. The van der Waals surface area contributed by atoms with Crippen molar-refractivity contribution in [1.29, 1.82) is 0 Å². The maximum Gasteiger partial charge on any atom is 0.226 e. The van der Waals surface area contributed by atoms with Crippen LogP contribution in [0.25, 0.3) is 0 Å². The number of hydrogen-bond donors (Lipinski definition) is 3. The third-order valence-electron chi connectivity index (χ3n) is 3.65. The first-order valence-electron chi connectivity index (χ1n) is 6.18. The molecule has 1 rings (SSSR count). The van der Waals surface area contributed by atoms with E-state index in [1.165, 1.54) is 0 Å². The Hall–Kier alpha value is -0.650. The van der Waals surface area contributed by atoms with Gasteiger partial charge in [-0.25, -0.2) is 0 Å². The lowest BCUT2D eigenvalue weighted by atomic mass is 9.70. The van der Waals surface area contributed by atoms with Gasteiger partial charge in [-0.1, -0.05) is 13.8 Å². The molecule has 0 radical (unpaired) electrons. The van der Waals surface area contributed by atoms with Crippen molar-refractivity contribution in [1.82, 2.24) is 5.32 Å². The standard InChI is InChI=1S/C12H23NO4/c1-9(2)12(3-5-17-6-4-12)11(16)13-7-10(15)8-14/h9-10,14-15H,3-8H2,1-2H3,(H,13,16). The highest BCUT2D eigenvalue weighted by Crippen LogP contribution is 2.38. The first-order chi connectivity index (χ1) is 8.03. The van der Waals surface area contributed by atoms with Crippen molar-refractivity contribution in [3.05, 3.63) is 0 Å². The van der Waals surface area contributed by atoms with Crippen molar-refractivity contribution in [3.8, 4) is 0 Å². The minimum Gasteiger partial charge on any atom is -0.394 e. The summed E-state index contributed by atoms with van der Waals surface area (Å²) in [5.41, 5.74) is -0.395. The Morgan fingerprint density at radius 3 is 2.47 bits per heavy atom. The average molecular weight is 245 g/mol. The molecule has 1 amide bonds. The van der Waals surface area contributed by atoms with Crippen molar-refractivity contribution in [3.63, 3.8) is 0 Å². The van der Waals surface area contributed by atoms with Crippen molar-refractivity contribution in [2.75, 3.05) is 26.4 Å². The largest absolute Gasteiger partial charge is 0.394 e. The Bertz CT molecular complexity index is 249. The lowest BCUT2D eigenvalue weighted by Crippen LogP contribution is -2.49. The van der Waals surface area contributed by atoms with Gasteiger partial charge in [-0.05, 0) is 18.8 Å². The fourth-order valence-electron chi connectivity index (χ4n) is 2.25. The van der Waals surface area contributed by atoms with Crippen LogP contribution in [0.15, 0.2) is 0 Å². The minimum atomic E-state index is -0.886. The lowest BCUT2D eigenvalue weighted by molar-refractivity contribution is -0.141. The van der Waals surface area contributed by atoms with Gasteiger partial charge in [-0.3, -0.25) is 4.79 Å². The Kier molecular flexibility index (Phi) is 5.36. The van der Waals surface area contributed by atoms with E-state index in [9.17, 15) is 9.90 Å². The van der Waals surface area contributed by atoms with Crippen LogP contribution in [0, 0.1) is 11.3 Å². The van der Waals surface area contributed by atoms with E-state index >= 15 is 0 Å². The van der Waals surface area contributed by atoms with Crippen LogP contribution in [0.4, 0.5) is 0 Å². The van der Waals surface area contributed by atoms with Gasteiger partial charge in [-0.15, -0.1) is 0 Å². The van der Waals surface area contributed by atoms with Gasteiger partial charge in [0.25, 0.3) is 0 Å². The van der Waals surface area contributed by atoms with Gasteiger partial charge >= 0.3 is 0 Å². The Morgan fingerprint density at radius 1 is 1.41 bits per heavy atom. The smallest absolute Gasteiger partial charge is 0.226 e. The zero-order valence-corrected chi connectivity index (χ0v) is 10.6. The van der Waals surface area contributed by atoms with Crippen molar-refractivity contribution in [2.45, 2.75) is 32.8 Å². The van der Waals surface area contributed by atoms with Crippen LogP contribution in [0.3, 0.4) is 0 Å². The number of nitrogens with one attached hydrogen (secondary N) is 1. The number of carbonyl (C=O) groups is 1. The SMILES string of the molecule is CC(C)C1(C(=O)NCC(O)CO)CCOCC1. The zero-order chi connectivity index (χ0) is 12.9. The van der Waals surface area contributed by atoms with Crippen molar-refractivity contribution >= 4 is 5.91 Å². The average Bonchev–Trinajstić information content (AvgIpc) is 2.35. The van der Waals surface area contributed by atoms with Crippen LogP contribution in [-0.4, -0.2) is 48.6 Å². The lowest BCUT2D eigenvalue weighted by Gasteiger charge is -2.39. The van der Waals surface area contributed by atoms with Crippen LogP contribution < -0.4 is 5.32 Å². The Labute approximate surface area is 102 Å². The molecule has 1 atom stereocenters. The van der Waals surface area contributed by atoms with E-state index in [1.54, 1.807) is 0 Å². The molecule has 0 aromatic carbocycles. The van der Waals surface area contributed by atoms with Crippen LogP contribution in [0.1, 0.15) is 26.7 Å². The molecule has 1 unspecified atom stereocenters. The summed E-state index contributed by atoms with van der Waals surface area (Å²) in [4.78, 5) is 12.2. The predicted molar refractivity (Wildman–Crippen MR) is 63.4 cm³/mol. The molecule has 17 heavy (non-hydrogen) atoms. The number of carbonyl (C=O) groups excluding carboxylic acids is 1. The molecule has 0 aromatic heterocycles. The number of hydrogen-bond acceptors (Lipinski definition) is 4. The summed E-state index contributed by atoms with van der Waals surface area (Å²) in [6.07, 6.45) is 0.542. The molecule has 1 fully saturated rings. The molecule has 1 aliphatic heterocycles. The zero-order valence-electron chi connectivity index (χ0n) is 10.6. The molecular weight excluding hydrogens is 222 g/mol. The summed E-state index contributed by atoms with van der Waals surface area (Å²) >= 11 is 0. The third-order valence-corrected chi connectivity index (χ3v) is 3.65. The second-order valence-corrected chi connectivity index (χ2v) is 4.97. The number of aliphatic hydroxyl groups excluding tert-OH is 2. The molecule has 1 saturated heterocycles. The topological polar surface area (TPSA) is 78.8 Å². The maximum absolute atomic E-state index is 12.2. The van der Waals surface area contributed by atoms with E-state index in [0.29, 0.717) is 26.1 Å². The second kappa shape index (κ2) is 6.33. The van der Waals surface area contributed by atoms with Gasteiger partial charge in [0.05, 0.1) is 18.1 Å². The van der Waals surface area contributed by atoms with Gasteiger partial charge in [0.1, 0.15) is 0 Å². The van der Waals surface area contributed by atoms with E-state index in [1.807, 2.05) is 13.8 Å². The molecule has 1 aliphatic rings. The molecule has 0 saturated carbocycles. The van der Waals surface area contributed by atoms with Gasteiger partial charge in [-0.2, -0.15) is 0 Å². The molecule has 0 spiro atoms. The maximum atomic E-state index is 12.2. The van der Waals surface area contributed by atoms with Gasteiger partial charge < -0.3 is 20.3 Å². The number of ether oxygens (including phenoxy) is 1. The predicted octanol–water partition coefficient (Wildman–Crippen LogP) is -0.0914. The van der Waals surface area contributed by atoms with Gasteiger partial charge in [0, 0.05) is 19.8 Å². The van der Waals surface area contributed by atoms with Crippen LogP contribution in [-0.2, 0) is 9.53 Å². The molecule has 0 bridgehead atoms. The normalized spacial score (nSPS) is 21.2. The molecule has 0 aromatic rings. The number of aliphatic hydroxyl groups is 2. The first-order valence-corrected chi connectivity index (χ1v) is 6.18. The highest BCUT2D eigenvalue weighted by atomic mass is 16.5. The molecule has 3 N–H and O–H groups in total. The Morgan fingerprint density at radius 2 is 2.00 bits per heavy atom. The monoisotopic (exact) mass is 245 g/mol. The molecule has 5 nitrogen and oxygen atoms in total. The summed E-state index contributed by atoms with van der Waals surface area (Å²) in [5.74, 6) is 0.195. The van der Waals surface area contributed by atoms with E-state index in [-0.39, 0.29) is 25.0 Å². The first kappa shape index (κ1) is 14.4. The summed E-state index contributed by atoms with van der Waals surface area (Å²) in [5, 5.41) is 20.7. The van der Waals surface area contributed by atoms with Crippen molar-refractivity contribution in [2.24, 2.45) is 11.3 Å². The summed E-state index contributed by atoms with van der Waals surface area (Å²) in [6.45, 7) is 5.05. The van der Waals surface area contributed by atoms with E-state index in [0.717, 1.165) is 0 Å². The van der Waals surface area contributed by atoms with Gasteiger partial charge in [0.2, 0.25) is 5.91 Å². The number of amides is 1. The molecular formula is C12H23NO4. The number of rotatable bonds is 5. The van der Waals surface area contributed by atoms with E-state index in [4.69, 9.17) is 9.84 Å². The fourth-order valence-corrected chi connectivity index (χ4v) is 2.25. The third kappa shape index (κ3) is 3.40. The molecule has 0 aliphatic carbocycles. The van der Waals surface area contributed by atoms with E-state index < -0.39 is 11.5 Å². The van der Waals surface area contributed by atoms with Crippen LogP contribution >= 0.6 is 0 Å². The minimum absolute atomic E-state index is 0.0386. The highest BCUT2D eigenvalue weighted by Gasteiger charge is 2.42. The van der Waals surface area contributed by atoms with Gasteiger partial charge in [0.15, 0.2) is 0 Å². The molecule has 100 valence electrons.